The molecule has 2 heteroatoms. The number of hydrogen-bond donors (Lipinski definition) is 1. The highest BCUT2D eigenvalue weighted by molar-refractivity contribution is 8.04. The van der Waals surface area contributed by atoms with Gasteiger partial charge in [0.25, 0.3) is 0 Å². The molecule has 2 heterocycles. The van der Waals surface area contributed by atoms with Crippen LogP contribution in [0.5, 0.6) is 0 Å². The highest BCUT2D eigenvalue weighted by Crippen LogP contribution is 2.50. The number of allylic oxidation sites excluding steroid dienone is 4. The molecule has 0 spiro atoms. The molecule has 4 unspecified atom stereocenters. The van der Waals surface area contributed by atoms with Gasteiger partial charge in [0.05, 0.1) is 0 Å². The van der Waals surface area contributed by atoms with Crippen LogP contribution in [0.3, 0.4) is 0 Å². The van der Waals surface area contributed by atoms with Gasteiger partial charge in [-0.15, -0.1) is 11.8 Å². The van der Waals surface area contributed by atoms with Crippen LogP contribution in [-0.2, 0) is 0 Å². The molecule has 1 aromatic carbocycles. The van der Waals surface area contributed by atoms with Gasteiger partial charge in [-0.1, -0.05) is 56.3 Å². The van der Waals surface area contributed by atoms with Crippen molar-refractivity contribution in [2.75, 3.05) is 6.54 Å². The molecule has 1 saturated heterocycles. The van der Waals surface area contributed by atoms with E-state index < -0.39 is 0 Å². The maximum absolute atomic E-state index is 3.85. The van der Waals surface area contributed by atoms with Crippen LogP contribution in [0.15, 0.2) is 53.0 Å². The molecule has 0 aromatic heterocycles. The molecule has 0 bridgehead atoms. The molecule has 1 aliphatic carbocycles. The van der Waals surface area contributed by atoms with E-state index in [4.69, 9.17) is 0 Å². The van der Waals surface area contributed by atoms with Gasteiger partial charge >= 0.3 is 0 Å². The third-order valence-electron chi connectivity index (χ3n) is 6.12. The predicted molar refractivity (Wildman–Crippen MR) is 105 cm³/mol. The topological polar surface area (TPSA) is 12.0 Å². The van der Waals surface area contributed by atoms with Crippen LogP contribution in [0.2, 0.25) is 0 Å². The second-order valence-electron chi connectivity index (χ2n) is 7.93. The van der Waals surface area contributed by atoms with Crippen molar-refractivity contribution >= 4 is 11.8 Å². The fourth-order valence-corrected chi connectivity index (χ4v) is 6.40. The Kier molecular flexibility index (Phi) is 4.87. The first kappa shape index (κ1) is 16.5. The number of piperidine rings is 1. The Bertz CT molecular complexity index is 631. The smallest absolute Gasteiger partial charge is 0.0323 e. The molecule has 2 aliphatic heterocycles. The summed E-state index contributed by atoms with van der Waals surface area (Å²) in [6.45, 7) is 5.99. The first-order chi connectivity index (χ1) is 11.7. The highest BCUT2D eigenvalue weighted by atomic mass is 32.2. The summed E-state index contributed by atoms with van der Waals surface area (Å²) in [5.41, 5.74) is 3.11. The minimum Gasteiger partial charge on any atom is -0.310 e. The molecule has 4 rings (SSSR count). The second-order valence-corrected chi connectivity index (χ2v) is 9.26. The molecule has 24 heavy (non-hydrogen) atoms. The van der Waals surface area contributed by atoms with Crippen LogP contribution in [0, 0.1) is 17.8 Å². The Morgan fingerprint density at radius 3 is 2.75 bits per heavy atom. The summed E-state index contributed by atoms with van der Waals surface area (Å²) >= 11 is 2.22. The zero-order valence-corrected chi connectivity index (χ0v) is 15.7. The van der Waals surface area contributed by atoms with Gasteiger partial charge in [-0.3, -0.25) is 0 Å². The van der Waals surface area contributed by atoms with Crippen molar-refractivity contribution in [1.29, 1.82) is 0 Å². The summed E-state index contributed by atoms with van der Waals surface area (Å²) in [5.74, 6) is 2.38. The van der Waals surface area contributed by atoms with E-state index in [9.17, 15) is 0 Å². The Labute approximate surface area is 151 Å². The molecule has 1 aromatic rings. The van der Waals surface area contributed by atoms with Crippen LogP contribution >= 0.6 is 11.8 Å². The summed E-state index contributed by atoms with van der Waals surface area (Å²) in [6, 6.07) is 11.6. The van der Waals surface area contributed by atoms with E-state index in [2.05, 4.69) is 73.4 Å². The van der Waals surface area contributed by atoms with Crippen molar-refractivity contribution in [2.45, 2.75) is 50.8 Å². The van der Waals surface area contributed by atoms with Crippen molar-refractivity contribution in [1.82, 2.24) is 5.32 Å². The lowest BCUT2D eigenvalue weighted by Gasteiger charge is -2.42. The van der Waals surface area contributed by atoms with E-state index in [0.717, 1.165) is 23.0 Å². The first-order valence-electron chi connectivity index (χ1n) is 9.56. The first-order valence-corrected chi connectivity index (χ1v) is 10.4. The van der Waals surface area contributed by atoms with Crippen molar-refractivity contribution in [3.63, 3.8) is 0 Å². The third-order valence-corrected chi connectivity index (χ3v) is 7.69. The van der Waals surface area contributed by atoms with Gasteiger partial charge in [0.15, 0.2) is 0 Å². The number of thioether (sulfide) groups is 1. The molecule has 128 valence electrons. The Hall–Kier alpha value is -0.990. The van der Waals surface area contributed by atoms with Gasteiger partial charge < -0.3 is 5.32 Å². The van der Waals surface area contributed by atoms with E-state index in [1.807, 2.05) is 0 Å². The average Bonchev–Trinajstić information content (AvgIpc) is 3.06. The number of benzene rings is 1. The van der Waals surface area contributed by atoms with Gasteiger partial charge in [-0.05, 0) is 66.0 Å². The van der Waals surface area contributed by atoms with E-state index >= 15 is 0 Å². The Morgan fingerprint density at radius 2 is 2.00 bits per heavy atom. The molecular formula is C22H29NS. The van der Waals surface area contributed by atoms with Crippen LogP contribution in [0.1, 0.15) is 51.1 Å². The largest absolute Gasteiger partial charge is 0.310 e. The minimum absolute atomic E-state index is 0.528. The maximum atomic E-state index is 3.85. The number of nitrogens with one attached hydrogen (secondary N) is 1. The van der Waals surface area contributed by atoms with Gasteiger partial charge in [-0.25, -0.2) is 0 Å². The van der Waals surface area contributed by atoms with Crippen molar-refractivity contribution < 1.29 is 0 Å². The Balaban J connectivity index is 1.53. The molecule has 0 saturated carbocycles. The quantitative estimate of drug-likeness (QED) is 0.756. The van der Waals surface area contributed by atoms with E-state index in [0.29, 0.717) is 6.04 Å². The minimum atomic E-state index is 0.528. The van der Waals surface area contributed by atoms with Gasteiger partial charge in [0, 0.05) is 11.3 Å². The summed E-state index contributed by atoms with van der Waals surface area (Å²) in [7, 11) is 0. The van der Waals surface area contributed by atoms with Crippen LogP contribution < -0.4 is 5.32 Å². The monoisotopic (exact) mass is 339 g/mol. The van der Waals surface area contributed by atoms with Gasteiger partial charge in [0.2, 0.25) is 0 Å². The zero-order chi connectivity index (χ0) is 16.5. The molecular weight excluding hydrogens is 310 g/mol. The third kappa shape index (κ3) is 3.23. The zero-order valence-electron chi connectivity index (χ0n) is 14.9. The van der Waals surface area contributed by atoms with Crippen molar-refractivity contribution in [2.24, 2.45) is 17.8 Å². The summed E-state index contributed by atoms with van der Waals surface area (Å²) in [6.07, 6.45) is 9.89. The molecule has 1 fully saturated rings. The van der Waals surface area contributed by atoms with Crippen molar-refractivity contribution in [3.8, 4) is 0 Å². The normalized spacial score (nSPS) is 33.1. The van der Waals surface area contributed by atoms with E-state index in [1.54, 1.807) is 10.5 Å². The Morgan fingerprint density at radius 1 is 1.17 bits per heavy atom. The lowest BCUT2D eigenvalue weighted by molar-refractivity contribution is 0.160. The van der Waals surface area contributed by atoms with E-state index in [-0.39, 0.29) is 0 Å². The molecule has 1 nitrogen and oxygen atoms in total. The van der Waals surface area contributed by atoms with Gasteiger partial charge in [-0.2, -0.15) is 0 Å². The molecule has 1 N–H and O–H groups in total. The predicted octanol–water partition coefficient (Wildman–Crippen LogP) is 5.72. The second kappa shape index (κ2) is 7.09. The van der Waals surface area contributed by atoms with Crippen LogP contribution in [-0.4, -0.2) is 11.8 Å². The average molecular weight is 340 g/mol. The standard InChI is InChI=1S/C22H29NS/c1-15(2)19-14-23-20(16-8-4-3-5-9-16)13-18(19)22-12-17-10-6-7-11-21(17)24-22/h3-6,8-10,15,18-20,22-23H,7,11-14H2,1-2H3. The molecule has 0 amide bonds. The molecule has 4 atom stereocenters. The fourth-order valence-electron chi connectivity index (χ4n) is 4.75. The van der Waals surface area contributed by atoms with Crippen LogP contribution in [0.25, 0.3) is 0 Å². The summed E-state index contributed by atoms with van der Waals surface area (Å²) < 4.78 is 0. The lowest BCUT2D eigenvalue weighted by Crippen LogP contribution is -2.44. The summed E-state index contributed by atoms with van der Waals surface area (Å²) in [4.78, 5) is 1.69. The van der Waals surface area contributed by atoms with Gasteiger partial charge in [0.1, 0.15) is 0 Å². The summed E-state index contributed by atoms with van der Waals surface area (Å²) in [5, 5.41) is 4.64. The SMILES string of the molecule is CC(C)C1CNC(c2ccccc2)CC1C1CC2=C(CCC=C2)S1. The van der Waals surface area contributed by atoms with Crippen molar-refractivity contribution in [3.05, 3.63) is 58.5 Å². The lowest BCUT2D eigenvalue weighted by atomic mass is 9.73. The maximum Gasteiger partial charge on any atom is 0.0323 e. The fraction of sp³-hybridized carbons (Fsp3) is 0.545. The van der Waals surface area contributed by atoms with Crippen LogP contribution in [0.4, 0.5) is 0 Å². The number of hydrogen-bond acceptors (Lipinski definition) is 2. The molecule has 0 radical (unpaired) electrons. The number of rotatable bonds is 3. The van der Waals surface area contributed by atoms with E-state index in [1.165, 1.54) is 37.8 Å². The highest BCUT2D eigenvalue weighted by Gasteiger charge is 2.40. The molecule has 3 aliphatic rings.